The molecule has 0 saturated carbocycles. The zero-order valence-corrected chi connectivity index (χ0v) is 12.6. The third-order valence-electron chi connectivity index (χ3n) is 3.79. The van der Waals surface area contributed by atoms with Gasteiger partial charge in [0.25, 0.3) is 0 Å². The van der Waals surface area contributed by atoms with Gasteiger partial charge in [0.15, 0.2) is 5.65 Å². The predicted octanol–water partition coefficient (Wildman–Crippen LogP) is 4.10. The second-order valence-electron chi connectivity index (χ2n) is 5.47. The summed E-state index contributed by atoms with van der Waals surface area (Å²) in [4.78, 5) is 4.65. The van der Waals surface area contributed by atoms with E-state index in [0.717, 1.165) is 33.7 Å². The first kappa shape index (κ1) is 13.5. The minimum absolute atomic E-state index is 0.208. The van der Waals surface area contributed by atoms with Crippen molar-refractivity contribution in [3.05, 3.63) is 72.4 Å². The van der Waals surface area contributed by atoms with E-state index in [-0.39, 0.29) is 5.75 Å². The van der Waals surface area contributed by atoms with E-state index in [2.05, 4.69) is 4.98 Å². The Balaban J connectivity index is 2.03. The van der Waals surface area contributed by atoms with Crippen LogP contribution in [0.3, 0.4) is 0 Å². The van der Waals surface area contributed by atoms with E-state index < -0.39 is 0 Å². The number of aromatic nitrogens is 3. The highest BCUT2D eigenvalue weighted by atomic mass is 16.3. The number of fused-ring (bicyclic) bond motifs is 1. The highest BCUT2D eigenvalue weighted by Gasteiger charge is 2.15. The molecule has 112 valence electrons. The highest BCUT2D eigenvalue weighted by Crippen LogP contribution is 2.29. The summed E-state index contributed by atoms with van der Waals surface area (Å²) in [5, 5.41) is 15.5. The van der Waals surface area contributed by atoms with Crippen molar-refractivity contribution in [3.63, 3.8) is 0 Å². The molecular weight excluding hydrogens is 286 g/mol. The maximum atomic E-state index is 9.76. The van der Waals surface area contributed by atoms with E-state index in [9.17, 15) is 5.11 Å². The van der Waals surface area contributed by atoms with Crippen LogP contribution in [0.4, 0.5) is 0 Å². The molecule has 4 rings (SSSR count). The lowest BCUT2D eigenvalue weighted by Gasteiger charge is -2.03. The Labute approximate surface area is 133 Å². The normalized spacial score (nSPS) is 11.0. The van der Waals surface area contributed by atoms with E-state index in [1.807, 2.05) is 55.5 Å². The van der Waals surface area contributed by atoms with Gasteiger partial charge in [0.2, 0.25) is 0 Å². The zero-order valence-electron chi connectivity index (χ0n) is 12.6. The fraction of sp³-hybridized carbons (Fsp3) is 0.0526. The summed E-state index contributed by atoms with van der Waals surface area (Å²) < 4.78 is 1.78. The minimum atomic E-state index is 0.208. The maximum absolute atomic E-state index is 9.76. The van der Waals surface area contributed by atoms with Crippen LogP contribution in [-0.2, 0) is 0 Å². The van der Waals surface area contributed by atoms with Gasteiger partial charge >= 0.3 is 0 Å². The number of hydrogen-bond donors (Lipinski definition) is 1. The number of pyridine rings is 1. The fourth-order valence-corrected chi connectivity index (χ4v) is 2.70. The molecule has 0 aliphatic carbocycles. The summed E-state index contributed by atoms with van der Waals surface area (Å²) in [7, 11) is 0. The Morgan fingerprint density at radius 2 is 1.74 bits per heavy atom. The molecule has 4 nitrogen and oxygen atoms in total. The topological polar surface area (TPSA) is 50.9 Å². The summed E-state index contributed by atoms with van der Waals surface area (Å²) in [6.45, 7) is 1.96. The number of nitrogens with zero attached hydrogens (tertiary/aromatic N) is 3. The molecule has 0 unspecified atom stereocenters. The first-order valence-corrected chi connectivity index (χ1v) is 7.43. The molecule has 0 fully saturated rings. The van der Waals surface area contributed by atoms with E-state index in [4.69, 9.17) is 5.10 Å². The molecule has 0 radical (unpaired) electrons. The number of hydrogen-bond acceptors (Lipinski definition) is 3. The Morgan fingerprint density at radius 1 is 0.913 bits per heavy atom. The van der Waals surface area contributed by atoms with Gasteiger partial charge in [0.05, 0.1) is 5.69 Å². The highest BCUT2D eigenvalue weighted by molar-refractivity contribution is 5.92. The molecule has 0 saturated heterocycles. The summed E-state index contributed by atoms with van der Waals surface area (Å²) in [6, 6.07) is 21.1. The lowest BCUT2D eigenvalue weighted by Crippen LogP contribution is -1.98. The van der Waals surface area contributed by atoms with E-state index in [0.29, 0.717) is 0 Å². The fourth-order valence-electron chi connectivity index (χ4n) is 2.70. The first-order chi connectivity index (χ1) is 11.2. The van der Waals surface area contributed by atoms with Crippen LogP contribution < -0.4 is 0 Å². The standard InChI is InChI=1S/C19H15N3O/c1-13-10-11-17-18(14-6-3-2-4-7-14)21-22(19(17)20-13)15-8-5-9-16(23)12-15/h2-12,23H,1H3. The van der Waals surface area contributed by atoms with Crippen LogP contribution in [0.5, 0.6) is 5.75 Å². The van der Waals surface area contributed by atoms with Crippen molar-refractivity contribution < 1.29 is 5.11 Å². The molecule has 0 aliphatic rings. The van der Waals surface area contributed by atoms with E-state index in [1.54, 1.807) is 22.9 Å². The number of aryl methyl sites for hydroxylation is 1. The van der Waals surface area contributed by atoms with Crippen molar-refractivity contribution in [1.82, 2.24) is 14.8 Å². The van der Waals surface area contributed by atoms with Crippen LogP contribution in [0.25, 0.3) is 28.0 Å². The number of phenolic OH excluding ortho intramolecular Hbond substituents is 1. The third kappa shape index (κ3) is 2.34. The largest absolute Gasteiger partial charge is 0.508 e. The van der Waals surface area contributed by atoms with Gasteiger partial charge in [-0.05, 0) is 31.2 Å². The monoisotopic (exact) mass is 301 g/mol. The molecular formula is C19H15N3O. The molecule has 2 heterocycles. The van der Waals surface area contributed by atoms with Gasteiger partial charge < -0.3 is 5.11 Å². The summed E-state index contributed by atoms with van der Waals surface area (Å²) >= 11 is 0. The van der Waals surface area contributed by atoms with Gasteiger partial charge in [-0.1, -0.05) is 36.4 Å². The summed E-state index contributed by atoms with van der Waals surface area (Å²) in [5.41, 5.74) is 4.43. The van der Waals surface area contributed by atoms with Crippen molar-refractivity contribution in [2.24, 2.45) is 0 Å². The lowest BCUT2D eigenvalue weighted by atomic mass is 10.1. The van der Waals surface area contributed by atoms with Crippen molar-refractivity contribution in [2.75, 3.05) is 0 Å². The molecule has 23 heavy (non-hydrogen) atoms. The van der Waals surface area contributed by atoms with Crippen LogP contribution in [0.2, 0.25) is 0 Å². The van der Waals surface area contributed by atoms with Crippen molar-refractivity contribution >= 4 is 11.0 Å². The zero-order chi connectivity index (χ0) is 15.8. The number of phenols is 1. The molecule has 0 amide bonds. The maximum Gasteiger partial charge on any atom is 0.163 e. The van der Waals surface area contributed by atoms with Gasteiger partial charge in [-0.25, -0.2) is 9.67 Å². The average molecular weight is 301 g/mol. The van der Waals surface area contributed by atoms with E-state index in [1.165, 1.54) is 0 Å². The van der Waals surface area contributed by atoms with Gasteiger partial charge in [-0.3, -0.25) is 0 Å². The van der Waals surface area contributed by atoms with Crippen molar-refractivity contribution in [2.45, 2.75) is 6.92 Å². The van der Waals surface area contributed by atoms with Gasteiger partial charge in [0.1, 0.15) is 11.4 Å². The Kier molecular flexibility index (Phi) is 3.08. The Hall–Kier alpha value is -3.14. The van der Waals surface area contributed by atoms with Crippen LogP contribution >= 0.6 is 0 Å². The average Bonchev–Trinajstić information content (AvgIpc) is 2.94. The van der Waals surface area contributed by atoms with Crippen LogP contribution in [0.1, 0.15) is 5.69 Å². The second kappa shape index (κ2) is 5.25. The number of benzene rings is 2. The quantitative estimate of drug-likeness (QED) is 0.606. The molecule has 2 aromatic carbocycles. The lowest BCUT2D eigenvalue weighted by molar-refractivity contribution is 0.475. The van der Waals surface area contributed by atoms with Crippen molar-refractivity contribution in [1.29, 1.82) is 0 Å². The van der Waals surface area contributed by atoms with Crippen LogP contribution in [0, 0.1) is 6.92 Å². The van der Waals surface area contributed by atoms with Crippen molar-refractivity contribution in [3.8, 4) is 22.7 Å². The summed E-state index contributed by atoms with van der Waals surface area (Å²) in [5.74, 6) is 0.208. The molecule has 0 spiro atoms. The molecule has 4 aromatic rings. The smallest absolute Gasteiger partial charge is 0.163 e. The SMILES string of the molecule is Cc1ccc2c(-c3ccccc3)nn(-c3cccc(O)c3)c2n1. The Morgan fingerprint density at radius 3 is 2.52 bits per heavy atom. The van der Waals surface area contributed by atoms with Gasteiger partial charge in [-0.15, -0.1) is 0 Å². The second-order valence-corrected chi connectivity index (χ2v) is 5.47. The number of rotatable bonds is 2. The molecule has 1 N–H and O–H groups in total. The molecule has 0 bridgehead atoms. The van der Waals surface area contributed by atoms with Crippen LogP contribution in [0.15, 0.2) is 66.7 Å². The predicted molar refractivity (Wildman–Crippen MR) is 90.7 cm³/mol. The molecule has 0 atom stereocenters. The molecule has 2 aromatic heterocycles. The molecule has 4 heteroatoms. The van der Waals surface area contributed by atoms with Gasteiger partial charge in [0, 0.05) is 22.7 Å². The summed E-state index contributed by atoms with van der Waals surface area (Å²) in [6.07, 6.45) is 0. The molecule has 0 aliphatic heterocycles. The number of aromatic hydroxyl groups is 1. The minimum Gasteiger partial charge on any atom is -0.508 e. The van der Waals surface area contributed by atoms with E-state index >= 15 is 0 Å². The van der Waals surface area contributed by atoms with Gasteiger partial charge in [-0.2, -0.15) is 5.10 Å². The first-order valence-electron chi connectivity index (χ1n) is 7.43. The third-order valence-corrected chi connectivity index (χ3v) is 3.79. The van der Waals surface area contributed by atoms with Crippen LogP contribution in [-0.4, -0.2) is 19.9 Å². The Bertz CT molecular complexity index is 990.